The van der Waals surface area contributed by atoms with Gasteiger partial charge in [-0.2, -0.15) is 4.98 Å². The van der Waals surface area contributed by atoms with E-state index in [4.69, 9.17) is 20.9 Å². The van der Waals surface area contributed by atoms with Crippen LogP contribution < -0.4 is 4.74 Å². The standard InChI is InChI=1S/C20H20ClN3O2/c1-25-18-8-4-15(5-9-18)19-22-20(26-23-19)16-10-11-24(13-16)12-14-2-6-17(21)7-3-14/h2-9,16H,10-13H2,1H3. The van der Waals surface area contributed by atoms with Gasteiger partial charge < -0.3 is 9.26 Å². The monoisotopic (exact) mass is 369 g/mol. The number of methoxy groups -OCH3 is 1. The summed E-state index contributed by atoms with van der Waals surface area (Å²) < 4.78 is 10.7. The maximum atomic E-state index is 5.95. The highest BCUT2D eigenvalue weighted by Crippen LogP contribution is 2.29. The van der Waals surface area contributed by atoms with Gasteiger partial charge in [-0.15, -0.1) is 0 Å². The minimum absolute atomic E-state index is 0.279. The van der Waals surface area contributed by atoms with Crippen LogP contribution in [0.3, 0.4) is 0 Å². The predicted octanol–water partition coefficient (Wildman–Crippen LogP) is 4.39. The molecule has 1 aliphatic heterocycles. The molecule has 1 fully saturated rings. The zero-order valence-corrected chi connectivity index (χ0v) is 15.3. The fourth-order valence-corrected chi connectivity index (χ4v) is 3.41. The Bertz CT molecular complexity index is 862. The van der Waals surface area contributed by atoms with Gasteiger partial charge in [0.1, 0.15) is 5.75 Å². The van der Waals surface area contributed by atoms with E-state index in [1.54, 1.807) is 7.11 Å². The van der Waals surface area contributed by atoms with E-state index in [2.05, 4.69) is 27.2 Å². The first-order chi connectivity index (χ1) is 12.7. The first-order valence-corrected chi connectivity index (χ1v) is 9.04. The number of hydrogen-bond donors (Lipinski definition) is 0. The Kier molecular flexibility index (Phi) is 4.91. The molecule has 0 N–H and O–H groups in total. The number of aromatic nitrogens is 2. The average Bonchev–Trinajstić information content (AvgIpc) is 3.33. The van der Waals surface area contributed by atoms with Crippen LogP contribution >= 0.6 is 11.6 Å². The zero-order chi connectivity index (χ0) is 17.9. The second-order valence-corrected chi connectivity index (χ2v) is 6.97. The second kappa shape index (κ2) is 7.48. The summed E-state index contributed by atoms with van der Waals surface area (Å²) in [4.78, 5) is 7.02. The lowest BCUT2D eigenvalue weighted by atomic mass is 10.1. The summed E-state index contributed by atoms with van der Waals surface area (Å²) in [6.45, 7) is 2.85. The van der Waals surface area contributed by atoms with Crippen LogP contribution in [0, 0.1) is 0 Å². The molecule has 5 nitrogen and oxygen atoms in total. The summed E-state index contributed by atoms with van der Waals surface area (Å²) in [5.74, 6) is 2.43. The second-order valence-electron chi connectivity index (χ2n) is 6.53. The van der Waals surface area contributed by atoms with Gasteiger partial charge in [0.2, 0.25) is 11.7 Å². The molecule has 1 aliphatic rings. The quantitative estimate of drug-likeness (QED) is 0.667. The van der Waals surface area contributed by atoms with Crippen molar-refractivity contribution < 1.29 is 9.26 Å². The van der Waals surface area contributed by atoms with Gasteiger partial charge in [0.25, 0.3) is 0 Å². The summed E-state index contributed by atoms with van der Waals surface area (Å²) >= 11 is 5.95. The molecule has 2 aromatic carbocycles. The molecular weight excluding hydrogens is 350 g/mol. The molecule has 0 saturated carbocycles. The topological polar surface area (TPSA) is 51.4 Å². The summed E-state index contributed by atoms with van der Waals surface area (Å²) in [6.07, 6.45) is 1.03. The third kappa shape index (κ3) is 3.74. The van der Waals surface area contributed by atoms with Crippen LogP contribution in [-0.4, -0.2) is 35.2 Å². The van der Waals surface area contributed by atoms with E-state index in [1.807, 2.05) is 36.4 Å². The lowest BCUT2D eigenvalue weighted by Gasteiger charge is -2.15. The molecule has 1 saturated heterocycles. The Morgan fingerprint density at radius 2 is 1.92 bits per heavy atom. The van der Waals surface area contributed by atoms with Gasteiger partial charge in [-0.05, 0) is 54.9 Å². The summed E-state index contributed by atoms with van der Waals surface area (Å²) in [5, 5.41) is 4.91. The average molecular weight is 370 g/mol. The molecule has 2 heterocycles. The summed E-state index contributed by atoms with van der Waals surface area (Å²) in [6, 6.07) is 15.7. The van der Waals surface area contributed by atoms with Gasteiger partial charge >= 0.3 is 0 Å². The summed E-state index contributed by atoms with van der Waals surface area (Å²) in [5.41, 5.74) is 2.19. The highest BCUT2D eigenvalue weighted by molar-refractivity contribution is 6.30. The maximum Gasteiger partial charge on any atom is 0.231 e. The van der Waals surface area contributed by atoms with Gasteiger partial charge in [-0.1, -0.05) is 28.9 Å². The largest absolute Gasteiger partial charge is 0.497 e. The smallest absolute Gasteiger partial charge is 0.231 e. The van der Waals surface area contributed by atoms with Gasteiger partial charge in [-0.3, -0.25) is 4.90 Å². The molecule has 134 valence electrons. The Morgan fingerprint density at radius 1 is 1.15 bits per heavy atom. The minimum atomic E-state index is 0.279. The third-order valence-corrected chi connectivity index (χ3v) is 4.98. The van der Waals surface area contributed by atoms with E-state index >= 15 is 0 Å². The molecule has 3 aromatic rings. The van der Waals surface area contributed by atoms with Crippen LogP contribution in [0.2, 0.25) is 5.02 Å². The highest BCUT2D eigenvalue weighted by atomic mass is 35.5. The third-order valence-electron chi connectivity index (χ3n) is 4.73. The lowest BCUT2D eigenvalue weighted by molar-refractivity contribution is 0.309. The zero-order valence-electron chi connectivity index (χ0n) is 14.6. The molecule has 6 heteroatoms. The van der Waals surface area contributed by atoms with E-state index in [0.717, 1.165) is 48.3 Å². The van der Waals surface area contributed by atoms with Gasteiger partial charge in [0.05, 0.1) is 13.0 Å². The first kappa shape index (κ1) is 17.1. The van der Waals surface area contributed by atoms with Crippen LogP contribution in [0.5, 0.6) is 5.75 Å². The molecule has 0 spiro atoms. The minimum Gasteiger partial charge on any atom is -0.497 e. The lowest BCUT2D eigenvalue weighted by Crippen LogP contribution is -2.19. The van der Waals surface area contributed by atoms with Crippen molar-refractivity contribution in [2.24, 2.45) is 0 Å². The normalized spacial score (nSPS) is 17.5. The number of hydrogen-bond acceptors (Lipinski definition) is 5. The van der Waals surface area contributed by atoms with Crippen molar-refractivity contribution in [2.75, 3.05) is 20.2 Å². The fourth-order valence-electron chi connectivity index (χ4n) is 3.28. The number of rotatable bonds is 5. The van der Waals surface area contributed by atoms with Gasteiger partial charge in [0, 0.05) is 23.7 Å². The molecule has 0 aliphatic carbocycles. The number of halogens is 1. The number of benzene rings is 2. The Morgan fingerprint density at radius 3 is 2.65 bits per heavy atom. The van der Waals surface area contributed by atoms with Crippen LogP contribution in [-0.2, 0) is 6.54 Å². The van der Waals surface area contributed by atoms with Crippen molar-refractivity contribution >= 4 is 11.6 Å². The van der Waals surface area contributed by atoms with Crippen molar-refractivity contribution in [1.29, 1.82) is 0 Å². The maximum absolute atomic E-state index is 5.95. The van der Waals surface area contributed by atoms with Crippen molar-refractivity contribution in [3.05, 3.63) is 65.0 Å². The van der Waals surface area contributed by atoms with E-state index < -0.39 is 0 Å². The van der Waals surface area contributed by atoms with Crippen molar-refractivity contribution in [3.8, 4) is 17.1 Å². The van der Waals surface area contributed by atoms with Crippen molar-refractivity contribution in [2.45, 2.75) is 18.9 Å². The van der Waals surface area contributed by atoms with E-state index in [-0.39, 0.29) is 5.92 Å². The Hall–Kier alpha value is -2.37. The van der Waals surface area contributed by atoms with Crippen LogP contribution in [0.25, 0.3) is 11.4 Å². The molecule has 1 atom stereocenters. The van der Waals surface area contributed by atoms with E-state index in [0.29, 0.717) is 5.82 Å². The van der Waals surface area contributed by atoms with Crippen molar-refractivity contribution in [1.82, 2.24) is 15.0 Å². The van der Waals surface area contributed by atoms with E-state index in [1.165, 1.54) is 5.56 Å². The highest BCUT2D eigenvalue weighted by Gasteiger charge is 2.28. The molecule has 0 bridgehead atoms. The van der Waals surface area contributed by atoms with Crippen molar-refractivity contribution in [3.63, 3.8) is 0 Å². The Labute approximate surface area is 157 Å². The van der Waals surface area contributed by atoms with Crippen LogP contribution in [0.1, 0.15) is 23.8 Å². The predicted molar refractivity (Wildman–Crippen MR) is 100 cm³/mol. The molecule has 1 unspecified atom stereocenters. The van der Waals surface area contributed by atoms with E-state index in [9.17, 15) is 0 Å². The molecule has 26 heavy (non-hydrogen) atoms. The molecule has 0 amide bonds. The van der Waals surface area contributed by atoms with Crippen LogP contribution in [0.4, 0.5) is 0 Å². The fraction of sp³-hybridized carbons (Fsp3) is 0.300. The van der Waals surface area contributed by atoms with Gasteiger partial charge in [-0.25, -0.2) is 0 Å². The Balaban J connectivity index is 1.41. The molecular formula is C20H20ClN3O2. The number of ether oxygens (including phenoxy) is 1. The number of nitrogens with zero attached hydrogens (tertiary/aromatic N) is 3. The first-order valence-electron chi connectivity index (χ1n) is 8.66. The number of likely N-dealkylation sites (tertiary alicyclic amines) is 1. The summed E-state index contributed by atoms with van der Waals surface area (Å²) in [7, 11) is 1.65. The SMILES string of the molecule is COc1ccc(-c2noc(C3CCN(Cc4ccc(Cl)cc4)C3)n2)cc1. The van der Waals surface area contributed by atoms with Crippen LogP contribution in [0.15, 0.2) is 53.1 Å². The molecule has 4 rings (SSSR count). The molecule has 0 radical (unpaired) electrons. The molecule has 1 aromatic heterocycles. The van der Waals surface area contributed by atoms with Gasteiger partial charge in [0.15, 0.2) is 0 Å².